The number of aryl methyl sites for hydroxylation is 3. The summed E-state index contributed by atoms with van der Waals surface area (Å²) in [7, 11) is 0. The molecule has 0 bridgehead atoms. The van der Waals surface area contributed by atoms with Crippen LogP contribution in [0.1, 0.15) is 47.8 Å². The Hall–Kier alpha value is -3.09. The number of hydrogen-bond acceptors (Lipinski definition) is 4. The average Bonchev–Trinajstić information content (AvgIpc) is 3.22. The average molecular weight is 436 g/mol. The lowest BCUT2D eigenvalue weighted by molar-refractivity contribution is -0.136. The van der Waals surface area contributed by atoms with Crippen LogP contribution in [0.25, 0.3) is 0 Å². The van der Waals surface area contributed by atoms with E-state index in [1.54, 1.807) is 17.7 Å². The van der Waals surface area contributed by atoms with Gasteiger partial charge in [0.05, 0.1) is 0 Å². The molecule has 1 fully saturated rings. The predicted octanol–water partition coefficient (Wildman–Crippen LogP) is 4.08. The Morgan fingerprint density at radius 2 is 1.84 bits per heavy atom. The maximum atomic E-state index is 13.7. The van der Waals surface area contributed by atoms with Gasteiger partial charge in [-0.1, -0.05) is 42.0 Å². The molecule has 4 rings (SSSR count). The Morgan fingerprint density at radius 3 is 2.50 bits per heavy atom. The summed E-state index contributed by atoms with van der Waals surface area (Å²) in [4.78, 5) is 15.4. The van der Waals surface area contributed by atoms with Crippen molar-refractivity contribution in [1.29, 1.82) is 0 Å². The van der Waals surface area contributed by atoms with Crippen LogP contribution in [-0.2, 0) is 17.6 Å². The molecule has 3 aromatic rings. The maximum absolute atomic E-state index is 13.7. The topological polar surface area (TPSA) is 63.9 Å². The second-order valence-electron chi connectivity index (χ2n) is 8.81. The molecule has 0 saturated carbocycles. The van der Waals surface area contributed by atoms with Gasteiger partial charge in [0.1, 0.15) is 17.7 Å². The number of likely N-dealkylation sites (tertiary alicyclic amines) is 1. The normalized spacial score (nSPS) is 15.7. The number of nitrogens with zero attached hydrogens (tertiary/aromatic N) is 5. The quantitative estimate of drug-likeness (QED) is 0.561. The van der Waals surface area contributed by atoms with Crippen LogP contribution in [0.2, 0.25) is 0 Å². The maximum Gasteiger partial charge on any atom is 0.247 e. The smallest absolute Gasteiger partial charge is 0.247 e. The highest BCUT2D eigenvalue weighted by atomic mass is 19.1. The van der Waals surface area contributed by atoms with Gasteiger partial charge in [-0.25, -0.2) is 9.07 Å². The first-order valence-electron chi connectivity index (χ1n) is 11.3. The molecule has 2 heterocycles. The lowest BCUT2D eigenvalue weighted by Crippen LogP contribution is -2.43. The standard InChI is InChI=1S/C25H30FN5O/c1-18-6-8-20(9-7-18)10-11-21-12-14-30(15-13-21)25(32)24(31-19(2)27-28-29-31)17-22-4-3-5-23(26)16-22/h3-9,16,21,24H,10-15,17H2,1-2H3. The van der Waals surface area contributed by atoms with Crippen molar-refractivity contribution in [3.05, 3.63) is 76.9 Å². The summed E-state index contributed by atoms with van der Waals surface area (Å²) in [6, 6.07) is 14.5. The van der Waals surface area contributed by atoms with Crippen LogP contribution in [0.15, 0.2) is 48.5 Å². The van der Waals surface area contributed by atoms with E-state index in [-0.39, 0.29) is 11.7 Å². The minimum absolute atomic E-state index is 0.00152. The summed E-state index contributed by atoms with van der Waals surface area (Å²) in [6.07, 6.45) is 4.57. The third-order valence-electron chi connectivity index (χ3n) is 6.44. The van der Waals surface area contributed by atoms with E-state index >= 15 is 0 Å². The molecule has 1 aromatic heterocycles. The number of benzene rings is 2. The molecular weight excluding hydrogens is 405 g/mol. The molecule has 0 N–H and O–H groups in total. The number of amides is 1. The van der Waals surface area contributed by atoms with Crippen molar-refractivity contribution in [2.45, 2.75) is 52.0 Å². The molecule has 0 aliphatic carbocycles. The van der Waals surface area contributed by atoms with Gasteiger partial charge in [0.15, 0.2) is 0 Å². The van der Waals surface area contributed by atoms with Gasteiger partial charge in [-0.3, -0.25) is 4.79 Å². The first-order valence-corrected chi connectivity index (χ1v) is 11.3. The minimum atomic E-state index is -0.573. The summed E-state index contributed by atoms with van der Waals surface area (Å²) in [5.41, 5.74) is 3.41. The van der Waals surface area contributed by atoms with E-state index in [0.717, 1.165) is 44.3 Å². The molecule has 168 valence electrons. The third-order valence-corrected chi connectivity index (χ3v) is 6.44. The van der Waals surface area contributed by atoms with E-state index in [1.165, 1.54) is 23.3 Å². The molecule has 1 aliphatic rings. The van der Waals surface area contributed by atoms with E-state index in [2.05, 4.69) is 46.7 Å². The fourth-order valence-electron chi connectivity index (χ4n) is 4.47. The van der Waals surface area contributed by atoms with Crippen LogP contribution in [0.5, 0.6) is 0 Å². The Bertz CT molecular complexity index is 1040. The van der Waals surface area contributed by atoms with Crippen molar-refractivity contribution in [1.82, 2.24) is 25.1 Å². The van der Waals surface area contributed by atoms with Crippen molar-refractivity contribution in [3.8, 4) is 0 Å². The van der Waals surface area contributed by atoms with Gasteiger partial charge in [0, 0.05) is 19.5 Å². The van der Waals surface area contributed by atoms with E-state index < -0.39 is 6.04 Å². The Kier molecular flexibility index (Phi) is 6.93. The monoisotopic (exact) mass is 435 g/mol. The van der Waals surface area contributed by atoms with Gasteiger partial charge in [-0.2, -0.15) is 0 Å². The highest BCUT2D eigenvalue weighted by molar-refractivity contribution is 5.80. The van der Waals surface area contributed by atoms with Crippen molar-refractivity contribution in [2.24, 2.45) is 5.92 Å². The molecule has 1 aliphatic heterocycles. The fraction of sp³-hybridized carbons (Fsp3) is 0.440. The largest absolute Gasteiger partial charge is 0.341 e. The van der Waals surface area contributed by atoms with E-state index in [1.807, 2.05) is 11.0 Å². The van der Waals surface area contributed by atoms with Gasteiger partial charge in [0.2, 0.25) is 5.91 Å². The molecule has 2 aromatic carbocycles. The molecule has 1 unspecified atom stereocenters. The fourth-order valence-corrected chi connectivity index (χ4v) is 4.47. The van der Waals surface area contributed by atoms with Crippen molar-refractivity contribution >= 4 is 5.91 Å². The Morgan fingerprint density at radius 1 is 1.09 bits per heavy atom. The highest BCUT2D eigenvalue weighted by Crippen LogP contribution is 2.26. The van der Waals surface area contributed by atoms with Gasteiger partial charge in [-0.15, -0.1) is 5.10 Å². The minimum Gasteiger partial charge on any atom is -0.341 e. The molecule has 0 radical (unpaired) electrons. The van der Waals surface area contributed by atoms with Crippen LogP contribution in [0, 0.1) is 25.6 Å². The molecule has 1 saturated heterocycles. The SMILES string of the molecule is Cc1ccc(CCC2CCN(C(=O)C(Cc3cccc(F)c3)n3nnnc3C)CC2)cc1. The number of aromatic nitrogens is 4. The van der Waals surface area contributed by atoms with Gasteiger partial charge < -0.3 is 4.90 Å². The number of carbonyl (C=O) groups excluding carboxylic acids is 1. The summed E-state index contributed by atoms with van der Waals surface area (Å²) >= 11 is 0. The highest BCUT2D eigenvalue weighted by Gasteiger charge is 2.31. The number of piperidine rings is 1. The van der Waals surface area contributed by atoms with Crippen molar-refractivity contribution in [2.75, 3.05) is 13.1 Å². The summed E-state index contributed by atoms with van der Waals surface area (Å²) < 4.78 is 15.3. The van der Waals surface area contributed by atoms with Crippen LogP contribution in [0.3, 0.4) is 0 Å². The third kappa shape index (κ3) is 5.39. The number of rotatable bonds is 7. The second kappa shape index (κ2) is 10.0. The zero-order valence-corrected chi connectivity index (χ0v) is 18.7. The number of tetrazole rings is 1. The molecule has 0 spiro atoms. The van der Waals surface area contributed by atoms with Crippen LogP contribution < -0.4 is 0 Å². The molecule has 32 heavy (non-hydrogen) atoms. The molecule has 1 amide bonds. The van der Waals surface area contributed by atoms with Crippen molar-refractivity contribution < 1.29 is 9.18 Å². The first-order chi connectivity index (χ1) is 15.5. The first kappa shape index (κ1) is 22.1. The molecule has 7 heteroatoms. The zero-order chi connectivity index (χ0) is 22.5. The molecular formula is C25H30FN5O. The Balaban J connectivity index is 1.38. The zero-order valence-electron chi connectivity index (χ0n) is 18.7. The van der Waals surface area contributed by atoms with E-state index in [9.17, 15) is 9.18 Å². The van der Waals surface area contributed by atoms with E-state index in [0.29, 0.717) is 18.2 Å². The van der Waals surface area contributed by atoms with Gasteiger partial charge >= 0.3 is 0 Å². The van der Waals surface area contributed by atoms with Crippen LogP contribution in [0.4, 0.5) is 4.39 Å². The number of halogens is 1. The van der Waals surface area contributed by atoms with Gasteiger partial charge in [-0.05, 0) is 79.1 Å². The van der Waals surface area contributed by atoms with Crippen LogP contribution in [-0.4, -0.2) is 44.1 Å². The lowest BCUT2D eigenvalue weighted by Gasteiger charge is -2.34. The van der Waals surface area contributed by atoms with Gasteiger partial charge in [0.25, 0.3) is 0 Å². The Labute approximate surface area is 188 Å². The number of carbonyl (C=O) groups is 1. The lowest BCUT2D eigenvalue weighted by atomic mass is 9.90. The number of hydrogen-bond donors (Lipinski definition) is 0. The van der Waals surface area contributed by atoms with Crippen LogP contribution >= 0.6 is 0 Å². The summed E-state index contributed by atoms with van der Waals surface area (Å²) in [6.45, 7) is 5.36. The molecule has 6 nitrogen and oxygen atoms in total. The second-order valence-corrected chi connectivity index (χ2v) is 8.81. The van der Waals surface area contributed by atoms with Crippen molar-refractivity contribution in [3.63, 3.8) is 0 Å². The summed E-state index contributed by atoms with van der Waals surface area (Å²) in [5, 5.41) is 11.7. The molecule has 1 atom stereocenters. The van der Waals surface area contributed by atoms with E-state index in [4.69, 9.17) is 0 Å². The summed E-state index contributed by atoms with van der Waals surface area (Å²) in [5.74, 6) is 0.891. The predicted molar refractivity (Wildman–Crippen MR) is 120 cm³/mol.